The Kier molecular flexibility index (Phi) is 6.60. The van der Waals surface area contributed by atoms with Gasteiger partial charge in [0, 0.05) is 19.1 Å². The second-order valence-electron chi connectivity index (χ2n) is 7.88. The van der Waals surface area contributed by atoms with Gasteiger partial charge in [-0.1, -0.05) is 6.07 Å². The van der Waals surface area contributed by atoms with Crippen LogP contribution in [0, 0.1) is 5.92 Å². The van der Waals surface area contributed by atoms with E-state index < -0.39 is 22.6 Å². The van der Waals surface area contributed by atoms with E-state index in [2.05, 4.69) is 5.32 Å². The van der Waals surface area contributed by atoms with Gasteiger partial charge >= 0.3 is 5.97 Å². The van der Waals surface area contributed by atoms with Gasteiger partial charge in [0.05, 0.1) is 22.7 Å². The van der Waals surface area contributed by atoms with Crippen LogP contribution in [-0.2, 0) is 24.3 Å². The van der Waals surface area contributed by atoms with E-state index in [-0.39, 0.29) is 47.7 Å². The summed E-state index contributed by atoms with van der Waals surface area (Å²) in [6.07, 6.45) is 1.78. The molecule has 8 nitrogen and oxygen atoms in total. The summed E-state index contributed by atoms with van der Waals surface area (Å²) in [5.74, 6) is -0.597. The minimum Gasteiger partial charge on any atom is -0.452 e. The average molecular weight is 425 g/mol. The first-order valence-electron chi connectivity index (χ1n) is 9.89. The number of carbonyl (C=O) groups excluding carboxylic acids is 2. The number of hydrogen-bond acceptors (Lipinski definition) is 6. The minimum absolute atomic E-state index is 0.0139. The zero-order valence-electron chi connectivity index (χ0n) is 17.0. The monoisotopic (exact) mass is 424 g/mol. The number of nitrogens with one attached hydrogen (secondary N) is 1. The lowest BCUT2D eigenvalue weighted by Gasteiger charge is -2.34. The molecule has 1 N–H and O–H groups in total. The molecule has 1 aromatic carbocycles. The number of sulfonamides is 1. The van der Waals surface area contributed by atoms with Crippen molar-refractivity contribution in [2.24, 2.45) is 5.92 Å². The molecule has 9 heteroatoms. The largest absolute Gasteiger partial charge is 0.452 e. The molecule has 1 saturated heterocycles. The van der Waals surface area contributed by atoms with Gasteiger partial charge in [0.1, 0.15) is 0 Å². The molecule has 1 heterocycles. The van der Waals surface area contributed by atoms with Crippen molar-refractivity contribution in [3.63, 3.8) is 0 Å². The van der Waals surface area contributed by atoms with Crippen LogP contribution in [0.3, 0.4) is 0 Å². The van der Waals surface area contributed by atoms with E-state index in [4.69, 9.17) is 9.47 Å². The molecule has 2 fully saturated rings. The number of hydrogen-bond donors (Lipinski definition) is 1. The van der Waals surface area contributed by atoms with E-state index >= 15 is 0 Å². The summed E-state index contributed by atoms with van der Waals surface area (Å²) in [6.45, 7) is 5.67. The van der Waals surface area contributed by atoms with Gasteiger partial charge < -0.3 is 14.8 Å². The zero-order chi connectivity index (χ0) is 21.2. The first-order chi connectivity index (χ1) is 13.7. The molecule has 2 aliphatic rings. The van der Waals surface area contributed by atoms with E-state index in [0.717, 1.165) is 12.8 Å². The fourth-order valence-electron chi connectivity index (χ4n) is 3.48. The van der Waals surface area contributed by atoms with Gasteiger partial charge in [-0.2, -0.15) is 4.31 Å². The number of morpholine rings is 1. The number of amides is 1. The molecule has 3 atom stereocenters. The Morgan fingerprint density at radius 2 is 1.90 bits per heavy atom. The Labute approximate surface area is 171 Å². The highest BCUT2D eigenvalue weighted by Crippen LogP contribution is 2.32. The molecule has 160 valence electrons. The van der Waals surface area contributed by atoms with Gasteiger partial charge in [-0.15, -0.1) is 0 Å². The maximum Gasteiger partial charge on any atom is 0.338 e. The van der Waals surface area contributed by atoms with Gasteiger partial charge in [0.15, 0.2) is 6.61 Å². The summed E-state index contributed by atoms with van der Waals surface area (Å²) < 4.78 is 37.9. The second kappa shape index (κ2) is 8.81. The predicted molar refractivity (Wildman–Crippen MR) is 106 cm³/mol. The smallest absolute Gasteiger partial charge is 0.338 e. The molecule has 1 saturated carbocycles. The molecule has 1 aliphatic carbocycles. The lowest BCUT2D eigenvalue weighted by Crippen LogP contribution is -2.48. The van der Waals surface area contributed by atoms with Crippen molar-refractivity contribution in [1.82, 2.24) is 9.62 Å². The Balaban J connectivity index is 1.63. The second-order valence-corrected chi connectivity index (χ2v) is 9.81. The highest BCUT2D eigenvalue weighted by Gasteiger charge is 2.33. The van der Waals surface area contributed by atoms with Crippen LogP contribution in [0.4, 0.5) is 0 Å². The lowest BCUT2D eigenvalue weighted by molar-refractivity contribution is -0.124. The van der Waals surface area contributed by atoms with Crippen LogP contribution < -0.4 is 5.32 Å². The van der Waals surface area contributed by atoms with Crippen molar-refractivity contribution < 1.29 is 27.5 Å². The molecule has 1 aliphatic heterocycles. The van der Waals surface area contributed by atoms with Gasteiger partial charge in [-0.25, -0.2) is 13.2 Å². The van der Waals surface area contributed by atoms with Crippen LogP contribution in [0.1, 0.15) is 44.0 Å². The molecule has 0 unspecified atom stereocenters. The first-order valence-corrected chi connectivity index (χ1v) is 11.3. The quantitative estimate of drug-likeness (QED) is 0.667. The van der Waals surface area contributed by atoms with Crippen molar-refractivity contribution in [3.8, 4) is 0 Å². The molecule has 0 aromatic heterocycles. The van der Waals surface area contributed by atoms with Crippen molar-refractivity contribution in [2.45, 2.75) is 56.8 Å². The third kappa shape index (κ3) is 5.55. The summed E-state index contributed by atoms with van der Waals surface area (Å²) in [7, 11) is -3.77. The van der Waals surface area contributed by atoms with Crippen LogP contribution in [0.15, 0.2) is 29.2 Å². The van der Waals surface area contributed by atoms with Gasteiger partial charge in [-0.05, 0) is 57.7 Å². The summed E-state index contributed by atoms with van der Waals surface area (Å²) in [4.78, 5) is 24.2. The average Bonchev–Trinajstić information content (AvgIpc) is 3.50. The van der Waals surface area contributed by atoms with Crippen LogP contribution in [-0.4, -0.2) is 62.5 Å². The third-order valence-corrected chi connectivity index (χ3v) is 6.97. The number of carbonyl (C=O) groups is 2. The van der Waals surface area contributed by atoms with Crippen molar-refractivity contribution >= 4 is 21.9 Å². The Hall–Kier alpha value is -1.97. The normalized spacial score (nSPS) is 24.0. The van der Waals surface area contributed by atoms with Crippen LogP contribution in [0.25, 0.3) is 0 Å². The molecule has 0 spiro atoms. The summed E-state index contributed by atoms with van der Waals surface area (Å²) in [5, 5.41) is 2.80. The number of rotatable bonds is 7. The molecule has 29 heavy (non-hydrogen) atoms. The molecule has 3 rings (SSSR count). The van der Waals surface area contributed by atoms with E-state index in [0.29, 0.717) is 5.92 Å². The first kappa shape index (κ1) is 21.7. The minimum atomic E-state index is -3.77. The maximum absolute atomic E-state index is 13.0. The highest BCUT2D eigenvalue weighted by molar-refractivity contribution is 7.89. The highest BCUT2D eigenvalue weighted by atomic mass is 32.2. The van der Waals surface area contributed by atoms with Crippen molar-refractivity contribution in [3.05, 3.63) is 29.8 Å². The Bertz CT molecular complexity index is 857. The molecular formula is C20H28N2O6S. The van der Waals surface area contributed by atoms with E-state index in [1.165, 1.54) is 28.6 Å². The number of ether oxygens (including phenoxy) is 2. The molecule has 0 radical (unpaired) electrons. The standard InChI is InChI=1S/C20H28N2O6S/c1-13-10-22(11-14(2)28-13)29(25,26)18-6-4-5-17(9-18)20(24)27-12-19(23)21-15(3)16-7-8-16/h4-6,9,13-16H,7-8,10-12H2,1-3H3,(H,21,23)/t13-,14-,15-/m0/s1. The van der Waals surface area contributed by atoms with Crippen molar-refractivity contribution in [2.75, 3.05) is 19.7 Å². The van der Waals surface area contributed by atoms with Crippen LogP contribution in [0.5, 0.6) is 0 Å². The van der Waals surface area contributed by atoms with Crippen LogP contribution >= 0.6 is 0 Å². The van der Waals surface area contributed by atoms with Crippen LogP contribution in [0.2, 0.25) is 0 Å². The van der Waals surface area contributed by atoms with Gasteiger partial charge in [0.2, 0.25) is 10.0 Å². The molecular weight excluding hydrogens is 396 g/mol. The number of nitrogens with zero attached hydrogens (tertiary/aromatic N) is 1. The third-order valence-electron chi connectivity index (χ3n) is 5.15. The predicted octanol–water partition coefficient (Wildman–Crippen LogP) is 1.56. The summed E-state index contributed by atoms with van der Waals surface area (Å²) in [6, 6.07) is 5.75. The van der Waals surface area contributed by atoms with E-state index in [1.807, 2.05) is 20.8 Å². The fourth-order valence-corrected chi connectivity index (χ4v) is 5.12. The number of esters is 1. The fraction of sp³-hybridized carbons (Fsp3) is 0.600. The summed E-state index contributed by atoms with van der Waals surface area (Å²) >= 11 is 0. The van der Waals surface area contributed by atoms with Gasteiger partial charge in [-0.3, -0.25) is 4.79 Å². The molecule has 1 aromatic rings. The van der Waals surface area contributed by atoms with E-state index in [1.54, 1.807) is 0 Å². The zero-order valence-corrected chi connectivity index (χ0v) is 17.8. The van der Waals surface area contributed by atoms with E-state index in [9.17, 15) is 18.0 Å². The Morgan fingerprint density at radius 3 is 2.52 bits per heavy atom. The Morgan fingerprint density at radius 1 is 1.24 bits per heavy atom. The number of benzene rings is 1. The van der Waals surface area contributed by atoms with Crippen molar-refractivity contribution in [1.29, 1.82) is 0 Å². The lowest BCUT2D eigenvalue weighted by atomic mass is 10.2. The molecule has 1 amide bonds. The SMILES string of the molecule is C[C@H](NC(=O)COC(=O)c1cccc(S(=O)(=O)N2C[C@H](C)O[C@@H](C)C2)c1)C1CC1. The summed E-state index contributed by atoms with van der Waals surface area (Å²) in [5.41, 5.74) is 0.0865. The topological polar surface area (TPSA) is 102 Å². The maximum atomic E-state index is 13.0. The van der Waals surface area contributed by atoms with Gasteiger partial charge in [0.25, 0.3) is 5.91 Å². The molecule has 0 bridgehead atoms.